The molecule has 2 rings (SSSR count). The summed E-state index contributed by atoms with van der Waals surface area (Å²) in [5.74, 6) is 0.209. The number of hydrogen-bond donors (Lipinski definition) is 1. The van der Waals surface area contributed by atoms with E-state index in [1.54, 1.807) is 0 Å². The Morgan fingerprint density at radius 1 is 1.22 bits per heavy atom. The number of amides is 1. The first kappa shape index (κ1) is 13.9. The summed E-state index contributed by atoms with van der Waals surface area (Å²) in [6, 6.07) is 0. The molecule has 2 aliphatic rings. The van der Waals surface area contributed by atoms with Crippen molar-refractivity contribution >= 4 is 18.5 Å². The molecule has 1 saturated heterocycles. The Morgan fingerprint density at radius 2 is 1.83 bits per heavy atom. The molecule has 1 amide bonds. The van der Waals surface area contributed by atoms with Crippen LogP contribution < -0.4 is 0 Å². The lowest BCUT2D eigenvalue weighted by Crippen LogP contribution is -2.36. The summed E-state index contributed by atoms with van der Waals surface area (Å²) in [7, 11) is 0. The van der Waals surface area contributed by atoms with Gasteiger partial charge in [0.15, 0.2) is 0 Å². The van der Waals surface area contributed by atoms with Crippen LogP contribution in [0, 0.1) is 5.41 Å². The first-order chi connectivity index (χ1) is 8.39. The lowest BCUT2D eigenvalue weighted by molar-refractivity contribution is -0.129. The minimum Gasteiger partial charge on any atom is -0.306 e. The van der Waals surface area contributed by atoms with Crippen LogP contribution in [0.2, 0.25) is 0 Å². The van der Waals surface area contributed by atoms with Gasteiger partial charge in [-0.1, -0.05) is 20.8 Å². The van der Waals surface area contributed by atoms with E-state index >= 15 is 0 Å². The van der Waals surface area contributed by atoms with Crippen LogP contribution in [0.25, 0.3) is 0 Å². The summed E-state index contributed by atoms with van der Waals surface area (Å²) in [5.41, 5.74) is 1.42. The van der Waals surface area contributed by atoms with Gasteiger partial charge in [0, 0.05) is 6.54 Å². The standard InChI is InChI=1S/C14H24N2OS/c1-14(2,3)11-6-9-16(13(11)18)12(17)10-15-7-4-5-8-15/h18H,4-10H2,1-3H3. The molecule has 0 aromatic rings. The Hall–Kier alpha value is -0.480. The maximum atomic E-state index is 12.3. The van der Waals surface area contributed by atoms with E-state index in [-0.39, 0.29) is 11.3 Å². The highest BCUT2D eigenvalue weighted by Crippen LogP contribution is 2.38. The van der Waals surface area contributed by atoms with Crippen molar-refractivity contribution in [2.45, 2.75) is 40.0 Å². The van der Waals surface area contributed by atoms with E-state index in [4.69, 9.17) is 0 Å². The van der Waals surface area contributed by atoms with Crippen LogP contribution in [0.1, 0.15) is 40.0 Å². The number of rotatable bonds is 2. The van der Waals surface area contributed by atoms with Gasteiger partial charge in [-0.2, -0.15) is 0 Å². The molecule has 0 aromatic heterocycles. The zero-order valence-electron chi connectivity index (χ0n) is 11.7. The van der Waals surface area contributed by atoms with Gasteiger partial charge in [-0.05, 0) is 43.3 Å². The molecule has 102 valence electrons. The van der Waals surface area contributed by atoms with Crippen molar-refractivity contribution in [1.82, 2.24) is 9.80 Å². The molecule has 0 aliphatic carbocycles. The third kappa shape index (κ3) is 2.91. The van der Waals surface area contributed by atoms with E-state index in [0.717, 1.165) is 31.1 Å². The fourth-order valence-electron chi connectivity index (χ4n) is 2.77. The highest BCUT2D eigenvalue weighted by Gasteiger charge is 2.32. The quantitative estimate of drug-likeness (QED) is 0.778. The van der Waals surface area contributed by atoms with Crippen molar-refractivity contribution in [3.63, 3.8) is 0 Å². The third-order valence-corrected chi connectivity index (χ3v) is 4.39. The van der Waals surface area contributed by atoms with E-state index in [2.05, 4.69) is 38.3 Å². The average molecular weight is 268 g/mol. The highest BCUT2D eigenvalue weighted by molar-refractivity contribution is 7.84. The van der Waals surface area contributed by atoms with Gasteiger partial charge in [0.05, 0.1) is 11.6 Å². The molecule has 1 fully saturated rings. The van der Waals surface area contributed by atoms with Crippen LogP contribution in [-0.2, 0) is 4.79 Å². The number of likely N-dealkylation sites (tertiary alicyclic amines) is 1. The molecule has 3 nitrogen and oxygen atoms in total. The second kappa shape index (κ2) is 5.25. The summed E-state index contributed by atoms with van der Waals surface area (Å²) in [6.45, 7) is 10.1. The van der Waals surface area contributed by atoms with Gasteiger partial charge in [-0.3, -0.25) is 9.69 Å². The first-order valence-corrected chi connectivity index (χ1v) is 7.29. The summed E-state index contributed by atoms with van der Waals surface area (Å²) in [6.07, 6.45) is 3.42. The molecule has 0 bridgehead atoms. The summed E-state index contributed by atoms with van der Waals surface area (Å²) in [5, 5.41) is 0.895. The van der Waals surface area contributed by atoms with Crippen LogP contribution >= 0.6 is 12.6 Å². The van der Waals surface area contributed by atoms with Crippen LogP contribution in [-0.4, -0.2) is 41.9 Å². The van der Waals surface area contributed by atoms with Crippen molar-refractivity contribution in [2.75, 3.05) is 26.2 Å². The normalized spacial score (nSPS) is 22.1. The Balaban J connectivity index is 2.01. The number of carbonyl (C=O) groups excluding carboxylic acids is 1. The maximum absolute atomic E-state index is 12.3. The van der Waals surface area contributed by atoms with Gasteiger partial charge in [0.2, 0.25) is 5.91 Å². The molecule has 0 unspecified atom stereocenters. The zero-order valence-corrected chi connectivity index (χ0v) is 12.6. The molecule has 0 spiro atoms. The molecular formula is C14H24N2OS. The Morgan fingerprint density at radius 3 is 2.33 bits per heavy atom. The molecule has 2 aliphatic heterocycles. The summed E-state index contributed by atoms with van der Waals surface area (Å²) >= 11 is 4.58. The van der Waals surface area contributed by atoms with E-state index in [0.29, 0.717) is 6.54 Å². The summed E-state index contributed by atoms with van der Waals surface area (Å²) < 4.78 is 0. The van der Waals surface area contributed by atoms with Gasteiger partial charge >= 0.3 is 0 Å². The minimum absolute atomic E-state index is 0.111. The average Bonchev–Trinajstić information content (AvgIpc) is 2.85. The van der Waals surface area contributed by atoms with Crippen molar-refractivity contribution in [2.24, 2.45) is 5.41 Å². The predicted octanol–water partition coefficient (Wildman–Crippen LogP) is 2.50. The van der Waals surface area contributed by atoms with Gasteiger partial charge < -0.3 is 4.90 Å². The van der Waals surface area contributed by atoms with Crippen LogP contribution in [0.4, 0.5) is 0 Å². The molecule has 0 atom stereocenters. The maximum Gasteiger partial charge on any atom is 0.241 e. The molecule has 0 N–H and O–H groups in total. The predicted molar refractivity (Wildman–Crippen MR) is 77.5 cm³/mol. The second-order valence-electron chi connectivity index (χ2n) is 6.33. The highest BCUT2D eigenvalue weighted by atomic mass is 32.1. The minimum atomic E-state index is 0.111. The van der Waals surface area contributed by atoms with Crippen molar-refractivity contribution in [3.05, 3.63) is 10.6 Å². The Bertz CT molecular complexity index is 364. The van der Waals surface area contributed by atoms with E-state index in [9.17, 15) is 4.79 Å². The van der Waals surface area contributed by atoms with Gasteiger partial charge in [-0.25, -0.2) is 0 Å². The molecular weight excluding hydrogens is 244 g/mol. The number of hydrogen-bond acceptors (Lipinski definition) is 3. The Kier molecular flexibility index (Phi) is 4.07. The van der Waals surface area contributed by atoms with E-state index in [1.807, 2.05) is 4.90 Å². The van der Waals surface area contributed by atoms with Crippen LogP contribution in [0.15, 0.2) is 10.6 Å². The Labute approximate surface area is 116 Å². The van der Waals surface area contributed by atoms with E-state index < -0.39 is 0 Å². The van der Waals surface area contributed by atoms with Gasteiger partial charge in [0.1, 0.15) is 0 Å². The SMILES string of the molecule is CC(C)(C)C1=C(S)N(C(=O)CN2CCCC2)CC1. The monoisotopic (exact) mass is 268 g/mol. The first-order valence-electron chi connectivity index (χ1n) is 6.85. The molecule has 0 radical (unpaired) electrons. The second-order valence-corrected chi connectivity index (χ2v) is 6.75. The molecule has 18 heavy (non-hydrogen) atoms. The molecule has 0 saturated carbocycles. The fourth-order valence-corrected chi connectivity index (χ4v) is 3.43. The van der Waals surface area contributed by atoms with Crippen LogP contribution in [0.3, 0.4) is 0 Å². The van der Waals surface area contributed by atoms with Gasteiger partial charge in [0.25, 0.3) is 0 Å². The van der Waals surface area contributed by atoms with Crippen molar-refractivity contribution in [1.29, 1.82) is 0 Å². The van der Waals surface area contributed by atoms with E-state index in [1.165, 1.54) is 18.4 Å². The van der Waals surface area contributed by atoms with Crippen molar-refractivity contribution in [3.8, 4) is 0 Å². The van der Waals surface area contributed by atoms with Crippen LogP contribution in [0.5, 0.6) is 0 Å². The fraction of sp³-hybridized carbons (Fsp3) is 0.786. The number of nitrogens with zero attached hydrogens (tertiary/aromatic N) is 2. The lowest BCUT2D eigenvalue weighted by atomic mass is 9.86. The molecule has 0 aromatic carbocycles. The summed E-state index contributed by atoms with van der Waals surface area (Å²) in [4.78, 5) is 16.4. The third-order valence-electron chi connectivity index (χ3n) is 3.87. The molecule has 2 heterocycles. The smallest absolute Gasteiger partial charge is 0.241 e. The number of carbonyl (C=O) groups is 1. The van der Waals surface area contributed by atoms with Crippen molar-refractivity contribution < 1.29 is 4.79 Å². The lowest BCUT2D eigenvalue weighted by Gasteiger charge is -2.23. The largest absolute Gasteiger partial charge is 0.306 e. The molecule has 4 heteroatoms. The van der Waals surface area contributed by atoms with Gasteiger partial charge in [-0.15, -0.1) is 12.6 Å². The number of thiol groups is 1. The topological polar surface area (TPSA) is 23.6 Å². The zero-order chi connectivity index (χ0) is 13.3.